The molecule has 0 aliphatic carbocycles. The van der Waals surface area contributed by atoms with Crippen molar-refractivity contribution >= 4 is 40.0 Å². The maximum Gasteiger partial charge on any atom is 0.410 e. The zero-order valence-corrected chi connectivity index (χ0v) is 23.8. The average molecular weight is 571 g/mol. The number of nitrogens with zero attached hydrogens (tertiary/aromatic N) is 6. The molecule has 2 N–H and O–H groups in total. The number of amides is 1. The number of rotatable bonds is 6. The molecule has 0 saturated carbocycles. The molecule has 12 heteroatoms. The molecule has 11 nitrogen and oxygen atoms in total. The lowest BCUT2D eigenvalue weighted by molar-refractivity contribution is 0.0127. The van der Waals surface area contributed by atoms with Crippen LogP contribution >= 0.6 is 11.3 Å². The number of hydrogen-bond acceptors (Lipinski definition) is 10. The molecule has 210 valence electrons. The largest absolute Gasteiger partial charge is 0.489 e. The third-order valence-corrected chi connectivity index (χ3v) is 7.37. The number of carbonyl (C=O) groups excluding carboxylic acids is 1. The highest BCUT2D eigenvalue weighted by molar-refractivity contribution is 7.13. The van der Waals surface area contributed by atoms with Gasteiger partial charge in [-0.2, -0.15) is 5.10 Å². The SMILES string of the molecule is CC(C)(C)OC(=O)N1CCC(Oc2cc3nc(Nc4ccc(-c5ncn[nH]5)cc4)ncc3cc2-c2nccs2)CC1. The predicted octanol–water partition coefficient (Wildman–Crippen LogP) is 6.06. The quantitative estimate of drug-likeness (QED) is 0.250. The second-order valence-electron chi connectivity index (χ2n) is 10.8. The number of ether oxygens (including phenoxy) is 2. The fourth-order valence-electron chi connectivity index (χ4n) is 4.59. The monoisotopic (exact) mass is 570 g/mol. The van der Waals surface area contributed by atoms with Crippen LogP contribution in [0.4, 0.5) is 16.4 Å². The van der Waals surface area contributed by atoms with Crippen molar-refractivity contribution < 1.29 is 14.3 Å². The number of likely N-dealkylation sites (tertiary alicyclic amines) is 1. The molecule has 2 aromatic carbocycles. The van der Waals surface area contributed by atoms with E-state index < -0.39 is 5.60 Å². The molecule has 1 fully saturated rings. The van der Waals surface area contributed by atoms with Gasteiger partial charge in [0.1, 0.15) is 28.8 Å². The molecule has 0 spiro atoms. The number of H-pyrrole nitrogens is 1. The lowest BCUT2D eigenvalue weighted by Gasteiger charge is -2.33. The molecule has 5 aromatic rings. The van der Waals surface area contributed by atoms with Crippen LogP contribution in [0.3, 0.4) is 0 Å². The van der Waals surface area contributed by atoms with Gasteiger partial charge in [0.2, 0.25) is 5.95 Å². The molecule has 4 heterocycles. The van der Waals surface area contributed by atoms with Crippen molar-refractivity contribution in [1.29, 1.82) is 0 Å². The number of thiazole rings is 1. The van der Waals surface area contributed by atoms with Crippen LogP contribution in [-0.2, 0) is 4.74 Å². The Morgan fingerprint density at radius 2 is 1.90 bits per heavy atom. The highest BCUT2D eigenvalue weighted by atomic mass is 32.1. The number of hydrogen-bond donors (Lipinski definition) is 2. The second kappa shape index (κ2) is 11.1. The summed E-state index contributed by atoms with van der Waals surface area (Å²) in [6.45, 7) is 6.78. The van der Waals surface area contributed by atoms with E-state index in [0.717, 1.165) is 32.7 Å². The Kier molecular flexibility index (Phi) is 7.23. The first-order chi connectivity index (χ1) is 19.8. The standard InChI is InChI=1S/C29H30N8O3S/c1-29(2,3)40-28(38)37-11-8-21(9-12-37)39-24-15-23-19(14-22(24)26-30-10-13-41-26)16-31-27(35-23)34-20-6-4-18(5-7-20)25-32-17-33-36-25/h4-7,10,13-17,21H,8-9,11-12H2,1-3H3,(H,31,34,35)(H,32,33,36). The van der Waals surface area contributed by atoms with Gasteiger partial charge in [0.05, 0.1) is 11.1 Å². The third-order valence-electron chi connectivity index (χ3n) is 6.56. The summed E-state index contributed by atoms with van der Waals surface area (Å²) in [5.41, 5.74) is 2.91. The zero-order valence-electron chi connectivity index (χ0n) is 23.0. The summed E-state index contributed by atoms with van der Waals surface area (Å²) in [5.74, 6) is 1.89. The van der Waals surface area contributed by atoms with Gasteiger partial charge in [-0.25, -0.2) is 24.7 Å². The van der Waals surface area contributed by atoms with Gasteiger partial charge in [-0.15, -0.1) is 11.3 Å². The number of nitrogens with one attached hydrogen (secondary N) is 2. The Morgan fingerprint density at radius 3 is 2.59 bits per heavy atom. The van der Waals surface area contributed by atoms with Crippen LogP contribution < -0.4 is 10.1 Å². The lowest BCUT2D eigenvalue weighted by Crippen LogP contribution is -2.44. The summed E-state index contributed by atoms with van der Waals surface area (Å²) in [7, 11) is 0. The first-order valence-corrected chi connectivity index (χ1v) is 14.3. The number of carbonyl (C=O) groups is 1. The van der Waals surface area contributed by atoms with E-state index in [1.165, 1.54) is 6.33 Å². The van der Waals surface area contributed by atoms with Gasteiger partial charge in [0.15, 0.2) is 5.82 Å². The van der Waals surface area contributed by atoms with Gasteiger partial charge in [0.25, 0.3) is 0 Å². The Balaban J connectivity index is 1.21. The van der Waals surface area contributed by atoms with Crippen LogP contribution in [0.1, 0.15) is 33.6 Å². The van der Waals surface area contributed by atoms with E-state index in [0.29, 0.717) is 43.5 Å². The van der Waals surface area contributed by atoms with Gasteiger partial charge in [-0.1, -0.05) is 0 Å². The van der Waals surface area contributed by atoms with Crippen molar-refractivity contribution in [2.45, 2.75) is 45.3 Å². The Hall–Kier alpha value is -4.58. The molecular formula is C29H30N8O3S. The lowest BCUT2D eigenvalue weighted by atomic mass is 10.1. The van der Waals surface area contributed by atoms with E-state index in [-0.39, 0.29) is 12.2 Å². The number of benzene rings is 2. The number of aromatic nitrogens is 6. The topological polar surface area (TPSA) is 131 Å². The summed E-state index contributed by atoms with van der Waals surface area (Å²) >= 11 is 1.55. The van der Waals surface area contributed by atoms with Crippen molar-refractivity contribution in [2.75, 3.05) is 18.4 Å². The summed E-state index contributed by atoms with van der Waals surface area (Å²) in [5, 5.41) is 13.7. The molecular weight excluding hydrogens is 540 g/mol. The Bertz CT molecular complexity index is 1630. The van der Waals surface area contributed by atoms with Crippen LogP contribution in [0.15, 0.2) is 60.5 Å². The predicted molar refractivity (Wildman–Crippen MR) is 157 cm³/mol. The summed E-state index contributed by atoms with van der Waals surface area (Å²) in [6.07, 6.45) is 6.14. The molecule has 0 unspecified atom stereocenters. The van der Waals surface area contributed by atoms with Gasteiger partial charge in [-0.05, 0) is 51.1 Å². The van der Waals surface area contributed by atoms with E-state index in [9.17, 15) is 4.79 Å². The van der Waals surface area contributed by atoms with Crippen molar-refractivity contribution in [3.05, 3.63) is 60.5 Å². The number of piperidine rings is 1. The smallest absolute Gasteiger partial charge is 0.410 e. The maximum atomic E-state index is 12.5. The molecule has 1 aliphatic rings. The first-order valence-electron chi connectivity index (χ1n) is 13.4. The minimum atomic E-state index is -0.519. The minimum Gasteiger partial charge on any atom is -0.489 e. The number of anilines is 2. The van der Waals surface area contributed by atoms with Crippen LogP contribution in [-0.4, -0.2) is 65.9 Å². The fraction of sp³-hybridized carbons (Fsp3) is 0.310. The van der Waals surface area contributed by atoms with Crippen molar-refractivity contribution in [1.82, 2.24) is 35.0 Å². The highest BCUT2D eigenvalue weighted by Crippen LogP contribution is 2.36. The van der Waals surface area contributed by atoms with Gasteiger partial charge in [0, 0.05) is 66.4 Å². The van der Waals surface area contributed by atoms with E-state index in [1.807, 2.05) is 62.5 Å². The normalized spacial score (nSPS) is 14.3. The Morgan fingerprint density at radius 1 is 1.10 bits per heavy atom. The molecule has 1 saturated heterocycles. The molecule has 1 aliphatic heterocycles. The number of aromatic amines is 1. The first kappa shape index (κ1) is 26.6. The second-order valence-corrected chi connectivity index (χ2v) is 11.7. The van der Waals surface area contributed by atoms with Gasteiger partial charge in [-0.3, -0.25) is 5.10 Å². The summed E-state index contributed by atoms with van der Waals surface area (Å²) in [6, 6.07) is 11.8. The van der Waals surface area contributed by atoms with Crippen LogP contribution in [0.5, 0.6) is 5.75 Å². The molecule has 0 bridgehead atoms. The van der Waals surface area contributed by atoms with E-state index in [4.69, 9.17) is 14.5 Å². The Labute approximate surface area is 241 Å². The average Bonchev–Trinajstić information content (AvgIpc) is 3.68. The zero-order chi connectivity index (χ0) is 28.4. The molecule has 0 atom stereocenters. The highest BCUT2D eigenvalue weighted by Gasteiger charge is 2.28. The third kappa shape index (κ3) is 6.27. The molecule has 0 radical (unpaired) electrons. The molecule has 1 amide bonds. The van der Waals surface area contributed by atoms with Crippen molar-refractivity contribution in [3.63, 3.8) is 0 Å². The van der Waals surface area contributed by atoms with E-state index in [1.54, 1.807) is 28.6 Å². The molecule has 3 aromatic heterocycles. The van der Waals surface area contributed by atoms with E-state index in [2.05, 4.69) is 30.5 Å². The fourth-order valence-corrected chi connectivity index (χ4v) is 5.25. The van der Waals surface area contributed by atoms with Crippen LogP contribution in [0.25, 0.3) is 32.9 Å². The van der Waals surface area contributed by atoms with Crippen molar-refractivity contribution in [3.8, 4) is 27.7 Å². The summed E-state index contributed by atoms with van der Waals surface area (Å²) < 4.78 is 12.1. The molecule has 41 heavy (non-hydrogen) atoms. The number of fused-ring (bicyclic) bond motifs is 1. The van der Waals surface area contributed by atoms with Crippen LogP contribution in [0.2, 0.25) is 0 Å². The maximum absolute atomic E-state index is 12.5. The van der Waals surface area contributed by atoms with Crippen LogP contribution in [0, 0.1) is 0 Å². The van der Waals surface area contributed by atoms with Gasteiger partial charge >= 0.3 is 6.09 Å². The molecule has 6 rings (SSSR count). The van der Waals surface area contributed by atoms with Gasteiger partial charge < -0.3 is 19.7 Å². The van der Waals surface area contributed by atoms with E-state index >= 15 is 0 Å². The minimum absolute atomic E-state index is 0.0489. The summed E-state index contributed by atoms with van der Waals surface area (Å²) in [4.78, 5) is 32.3. The van der Waals surface area contributed by atoms with Crippen molar-refractivity contribution in [2.24, 2.45) is 0 Å².